The molecule has 0 aromatic carbocycles. The van der Waals surface area contributed by atoms with Gasteiger partial charge in [-0.25, -0.2) is 9.97 Å². The van der Waals surface area contributed by atoms with Crippen molar-refractivity contribution >= 4 is 27.4 Å². The summed E-state index contributed by atoms with van der Waals surface area (Å²) in [5.41, 5.74) is 1.31. The van der Waals surface area contributed by atoms with Crippen molar-refractivity contribution in [2.45, 2.75) is 52.7 Å². The number of rotatable bonds is 5. The van der Waals surface area contributed by atoms with Crippen molar-refractivity contribution in [3.8, 4) is 0 Å². The smallest absolute Gasteiger partial charge is 0.249 e. The molecule has 0 bridgehead atoms. The van der Waals surface area contributed by atoms with Gasteiger partial charge in [0.2, 0.25) is 5.89 Å². The van der Waals surface area contributed by atoms with E-state index >= 15 is 0 Å². The van der Waals surface area contributed by atoms with Gasteiger partial charge in [0.25, 0.3) is 0 Å². The number of thiophene rings is 1. The Balaban J connectivity index is 1.84. The Kier molecular flexibility index (Phi) is 4.86. The minimum atomic E-state index is -0.0413. The summed E-state index contributed by atoms with van der Waals surface area (Å²) in [4.78, 5) is 17.3. The molecule has 1 fully saturated rings. The molecule has 1 aliphatic rings. The Hall–Kier alpha value is -2.06. The molecular weight excluding hydrogens is 362 g/mol. The molecule has 2 unspecified atom stereocenters. The first-order valence-corrected chi connectivity index (χ1v) is 10.2. The summed E-state index contributed by atoms with van der Waals surface area (Å²) >= 11 is 1.69. The number of aromatic nitrogens is 4. The number of fused-ring (bicyclic) bond motifs is 1. The van der Waals surface area contributed by atoms with Crippen LogP contribution in [0.5, 0.6) is 0 Å². The van der Waals surface area contributed by atoms with Crippen LogP contribution in [-0.2, 0) is 11.2 Å². The number of nitrogens with zero attached hydrogens (tertiary/aromatic N) is 5. The number of anilines is 1. The van der Waals surface area contributed by atoms with E-state index in [1.807, 2.05) is 13.8 Å². The highest BCUT2D eigenvalue weighted by Gasteiger charge is 2.39. The lowest BCUT2D eigenvalue weighted by atomic mass is 10.0. The second-order valence-corrected chi connectivity index (χ2v) is 8.43. The van der Waals surface area contributed by atoms with Crippen molar-refractivity contribution in [2.24, 2.45) is 5.92 Å². The highest BCUT2D eigenvalue weighted by Crippen LogP contribution is 2.41. The summed E-state index contributed by atoms with van der Waals surface area (Å²) in [6.07, 6.45) is 1.90. The van der Waals surface area contributed by atoms with Crippen LogP contribution in [0.3, 0.4) is 0 Å². The van der Waals surface area contributed by atoms with Crippen molar-refractivity contribution in [3.63, 3.8) is 0 Å². The predicted molar refractivity (Wildman–Crippen MR) is 105 cm³/mol. The molecule has 0 saturated carbocycles. The average molecular weight is 388 g/mol. The fourth-order valence-corrected chi connectivity index (χ4v) is 4.76. The Morgan fingerprint density at radius 3 is 2.74 bits per heavy atom. The fourth-order valence-electron chi connectivity index (χ4n) is 3.77. The standard InChI is InChI=1S/C19H25N5O2S/c1-10(2)6-13-9-27-19-16(13)17(20-11(3)22-19)24-8-14(25-5)7-15(24)18-21-12(4)23-26-18/h9-10,14-15H,6-8H2,1-5H3. The van der Waals surface area contributed by atoms with E-state index in [-0.39, 0.29) is 12.1 Å². The second-order valence-electron chi connectivity index (χ2n) is 7.57. The maximum absolute atomic E-state index is 5.67. The van der Waals surface area contributed by atoms with E-state index in [0.717, 1.165) is 41.2 Å². The van der Waals surface area contributed by atoms with Gasteiger partial charge in [0.05, 0.1) is 11.5 Å². The van der Waals surface area contributed by atoms with E-state index in [0.29, 0.717) is 17.6 Å². The zero-order chi connectivity index (χ0) is 19.1. The van der Waals surface area contributed by atoms with Crippen molar-refractivity contribution < 1.29 is 9.26 Å². The monoisotopic (exact) mass is 387 g/mol. The van der Waals surface area contributed by atoms with Gasteiger partial charge < -0.3 is 14.2 Å². The lowest BCUT2D eigenvalue weighted by molar-refractivity contribution is 0.117. The molecule has 0 amide bonds. The van der Waals surface area contributed by atoms with Crippen LogP contribution in [0.25, 0.3) is 10.2 Å². The fraction of sp³-hybridized carbons (Fsp3) is 0.579. The third kappa shape index (κ3) is 3.43. The van der Waals surface area contributed by atoms with Crippen LogP contribution in [0.1, 0.15) is 49.4 Å². The lowest BCUT2D eigenvalue weighted by Gasteiger charge is -2.24. The minimum absolute atomic E-state index is 0.0413. The molecule has 0 radical (unpaired) electrons. The van der Waals surface area contributed by atoms with E-state index in [1.165, 1.54) is 5.56 Å². The number of aryl methyl sites for hydroxylation is 2. The zero-order valence-electron chi connectivity index (χ0n) is 16.4. The van der Waals surface area contributed by atoms with Gasteiger partial charge in [-0.1, -0.05) is 19.0 Å². The van der Waals surface area contributed by atoms with Crippen LogP contribution in [0.2, 0.25) is 0 Å². The van der Waals surface area contributed by atoms with Crippen molar-refractivity contribution in [1.29, 1.82) is 0 Å². The van der Waals surface area contributed by atoms with Crippen molar-refractivity contribution in [1.82, 2.24) is 20.1 Å². The maximum Gasteiger partial charge on any atom is 0.249 e. The molecule has 3 aromatic heterocycles. The average Bonchev–Trinajstić information content (AvgIpc) is 3.32. The zero-order valence-corrected chi connectivity index (χ0v) is 17.2. The third-order valence-electron chi connectivity index (χ3n) is 4.93. The van der Waals surface area contributed by atoms with Crippen LogP contribution in [0.4, 0.5) is 5.82 Å². The summed E-state index contributed by atoms with van der Waals surface area (Å²) < 4.78 is 11.2. The summed E-state index contributed by atoms with van der Waals surface area (Å²) in [5.74, 6) is 3.56. The number of hydrogen-bond acceptors (Lipinski definition) is 8. The van der Waals surface area contributed by atoms with Gasteiger partial charge in [0, 0.05) is 20.1 Å². The second kappa shape index (κ2) is 7.16. The summed E-state index contributed by atoms with van der Waals surface area (Å²) in [6, 6.07) is -0.0413. The minimum Gasteiger partial charge on any atom is -0.380 e. The predicted octanol–water partition coefficient (Wildman–Crippen LogP) is 3.86. The van der Waals surface area contributed by atoms with Gasteiger partial charge in [-0.05, 0) is 37.1 Å². The van der Waals surface area contributed by atoms with Crippen molar-refractivity contribution in [3.05, 3.63) is 28.5 Å². The molecule has 2 atom stereocenters. The highest BCUT2D eigenvalue weighted by molar-refractivity contribution is 7.17. The first-order valence-electron chi connectivity index (χ1n) is 9.30. The number of hydrogen-bond donors (Lipinski definition) is 0. The normalized spacial score (nSPS) is 20.3. The number of ether oxygens (including phenoxy) is 1. The summed E-state index contributed by atoms with van der Waals surface area (Å²) in [7, 11) is 1.75. The topological polar surface area (TPSA) is 77.2 Å². The Morgan fingerprint density at radius 1 is 1.26 bits per heavy atom. The van der Waals surface area contributed by atoms with Gasteiger partial charge in [-0.3, -0.25) is 0 Å². The van der Waals surface area contributed by atoms with E-state index in [4.69, 9.17) is 14.2 Å². The van der Waals surface area contributed by atoms with Gasteiger partial charge in [0.15, 0.2) is 5.82 Å². The first-order chi connectivity index (χ1) is 13.0. The molecule has 27 heavy (non-hydrogen) atoms. The van der Waals surface area contributed by atoms with Crippen LogP contribution in [-0.4, -0.2) is 39.9 Å². The Bertz CT molecular complexity index is 951. The van der Waals surface area contributed by atoms with E-state index in [1.54, 1.807) is 18.4 Å². The Labute approximate surface area is 162 Å². The SMILES string of the molecule is COC1CC(c2nc(C)no2)N(c2nc(C)nc3scc(CC(C)C)c23)C1. The molecule has 0 N–H and O–H groups in total. The van der Waals surface area contributed by atoms with Crippen LogP contribution >= 0.6 is 11.3 Å². The van der Waals surface area contributed by atoms with E-state index < -0.39 is 0 Å². The molecule has 3 aromatic rings. The third-order valence-corrected chi connectivity index (χ3v) is 5.85. The molecule has 0 spiro atoms. The molecular formula is C19H25N5O2S. The molecule has 7 nitrogen and oxygen atoms in total. The van der Waals surface area contributed by atoms with E-state index in [2.05, 4.69) is 39.3 Å². The molecule has 144 valence electrons. The van der Waals surface area contributed by atoms with Crippen LogP contribution in [0.15, 0.2) is 9.90 Å². The van der Waals surface area contributed by atoms with Gasteiger partial charge in [0.1, 0.15) is 22.5 Å². The largest absolute Gasteiger partial charge is 0.380 e. The molecule has 8 heteroatoms. The number of methoxy groups -OCH3 is 1. The quantitative estimate of drug-likeness (QED) is 0.658. The molecule has 4 rings (SSSR count). The van der Waals surface area contributed by atoms with Gasteiger partial charge in [-0.15, -0.1) is 11.3 Å². The molecule has 1 saturated heterocycles. The van der Waals surface area contributed by atoms with Gasteiger partial charge >= 0.3 is 0 Å². The molecule has 1 aliphatic heterocycles. The highest BCUT2D eigenvalue weighted by atomic mass is 32.1. The first kappa shape index (κ1) is 18.3. The summed E-state index contributed by atoms with van der Waals surface area (Å²) in [5, 5.41) is 7.35. The molecule has 0 aliphatic carbocycles. The lowest BCUT2D eigenvalue weighted by Crippen LogP contribution is -2.26. The maximum atomic E-state index is 5.67. The molecule has 4 heterocycles. The summed E-state index contributed by atoms with van der Waals surface area (Å²) in [6.45, 7) is 9.00. The van der Waals surface area contributed by atoms with Crippen LogP contribution in [0, 0.1) is 19.8 Å². The van der Waals surface area contributed by atoms with Crippen LogP contribution < -0.4 is 4.90 Å². The van der Waals surface area contributed by atoms with E-state index in [9.17, 15) is 0 Å². The van der Waals surface area contributed by atoms with Gasteiger partial charge in [-0.2, -0.15) is 4.98 Å². The van der Waals surface area contributed by atoms with Crippen molar-refractivity contribution in [2.75, 3.05) is 18.6 Å². The Morgan fingerprint density at radius 2 is 2.07 bits per heavy atom.